The minimum absolute atomic E-state index is 0.0943. The summed E-state index contributed by atoms with van der Waals surface area (Å²) < 4.78 is 10.1. The van der Waals surface area contributed by atoms with Gasteiger partial charge in [0.15, 0.2) is 0 Å². The number of piperidine rings is 1. The van der Waals surface area contributed by atoms with E-state index in [0.29, 0.717) is 13.2 Å². The molecule has 1 saturated heterocycles. The molecule has 1 aliphatic rings. The summed E-state index contributed by atoms with van der Waals surface area (Å²) in [7, 11) is 0. The van der Waals surface area contributed by atoms with Gasteiger partial charge in [0.2, 0.25) is 0 Å². The molecule has 1 rings (SSSR count). The van der Waals surface area contributed by atoms with Crippen LogP contribution in [0.25, 0.3) is 0 Å². The van der Waals surface area contributed by atoms with Gasteiger partial charge in [-0.3, -0.25) is 14.5 Å². The summed E-state index contributed by atoms with van der Waals surface area (Å²) in [5.74, 6) is -0.487. The Morgan fingerprint density at radius 3 is 2.72 bits per heavy atom. The van der Waals surface area contributed by atoms with Gasteiger partial charge in [0, 0.05) is 6.54 Å². The Bertz CT molecular complexity index is 291. The molecule has 1 aliphatic heterocycles. The number of esters is 2. The summed E-state index contributed by atoms with van der Waals surface area (Å²) in [5.41, 5.74) is 0. The van der Waals surface area contributed by atoms with Crippen LogP contribution in [-0.4, -0.2) is 49.2 Å². The first-order valence-electron chi connectivity index (χ1n) is 6.61. The number of hydrogen-bond acceptors (Lipinski definition) is 5. The van der Waals surface area contributed by atoms with Gasteiger partial charge in [0.05, 0.1) is 25.2 Å². The quantitative estimate of drug-likeness (QED) is 0.693. The highest BCUT2D eigenvalue weighted by Gasteiger charge is 2.28. The van der Waals surface area contributed by atoms with Crippen LogP contribution >= 0.6 is 0 Å². The summed E-state index contributed by atoms with van der Waals surface area (Å²) in [6.45, 7) is 7.55. The Labute approximate surface area is 108 Å². The number of ether oxygens (including phenoxy) is 2. The van der Waals surface area contributed by atoms with Gasteiger partial charge in [-0.25, -0.2) is 0 Å². The summed E-state index contributed by atoms with van der Waals surface area (Å²) in [5, 5.41) is 0. The second kappa shape index (κ2) is 7.36. The molecule has 5 heteroatoms. The van der Waals surface area contributed by atoms with Crippen molar-refractivity contribution in [3.8, 4) is 0 Å². The molecule has 0 aromatic carbocycles. The molecule has 1 fully saturated rings. The SMILES string of the molecule is CCOC(=O)C1CCCN(CC(=O)OC(C)C)C1. The smallest absolute Gasteiger partial charge is 0.320 e. The van der Waals surface area contributed by atoms with Gasteiger partial charge in [0.1, 0.15) is 0 Å². The number of rotatable bonds is 5. The van der Waals surface area contributed by atoms with Crippen molar-refractivity contribution < 1.29 is 19.1 Å². The van der Waals surface area contributed by atoms with Crippen molar-refractivity contribution in [2.24, 2.45) is 5.92 Å². The molecule has 5 nitrogen and oxygen atoms in total. The van der Waals surface area contributed by atoms with E-state index in [1.54, 1.807) is 6.92 Å². The molecular weight excluding hydrogens is 234 g/mol. The zero-order valence-corrected chi connectivity index (χ0v) is 11.5. The third-order valence-electron chi connectivity index (χ3n) is 2.85. The Morgan fingerprint density at radius 2 is 2.11 bits per heavy atom. The molecule has 0 saturated carbocycles. The molecule has 0 bridgehead atoms. The minimum Gasteiger partial charge on any atom is -0.466 e. The highest BCUT2D eigenvalue weighted by Crippen LogP contribution is 2.17. The number of carbonyl (C=O) groups excluding carboxylic acids is 2. The molecule has 0 aliphatic carbocycles. The first-order chi connectivity index (χ1) is 8.52. The summed E-state index contributed by atoms with van der Waals surface area (Å²) in [4.78, 5) is 25.2. The summed E-state index contributed by atoms with van der Waals surface area (Å²) in [6, 6.07) is 0. The van der Waals surface area contributed by atoms with Crippen LogP contribution in [0.4, 0.5) is 0 Å². The van der Waals surface area contributed by atoms with E-state index >= 15 is 0 Å². The third-order valence-corrected chi connectivity index (χ3v) is 2.85. The average Bonchev–Trinajstić information content (AvgIpc) is 2.28. The highest BCUT2D eigenvalue weighted by molar-refractivity contribution is 5.74. The Kier molecular flexibility index (Phi) is 6.12. The standard InChI is InChI=1S/C13H23NO4/c1-4-17-13(16)11-6-5-7-14(8-11)9-12(15)18-10(2)3/h10-11H,4-9H2,1-3H3. The van der Waals surface area contributed by atoms with Gasteiger partial charge >= 0.3 is 11.9 Å². The fraction of sp³-hybridized carbons (Fsp3) is 0.846. The third kappa shape index (κ3) is 5.04. The molecule has 0 radical (unpaired) electrons. The Hall–Kier alpha value is -1.10. The van der Waals surface area contributed by atoms with E-state index in [1.807, 2.05) is 18.7 Å². The van der Waals surface area contributed by atoms with Gasteiger partial charge in [0.25, 0.3) is 0 Å². The monoisotopic (exact) mass is 257 g/mol. The van der Waals surface area contributed by atoms with E-state index in [9.17, 15) is 9.59 Å². The van der Waals surface area contributed by atoms with Crippen molar-refractivity contribution >= 4 is 11.9 Å². The van der Waals surface area contributed by atoms with Crippen molar-refractivity contribution in [3.63, 3.8) is 0 Å². The molecule has 0 spiro atoms. The molecule has 0 N–H and O–H groups in total. The van der Waals surface area contributed by atoms with Crippen LogP contribution in [0.1, 0.15) is 33.6 Å². The van der Waals surface area contributed by atoms with Gasteiger partial charge in [-0.15, -0.1) is 0 Å². The van der Waals surface area contributed by atoms with Gasteiger partial charge in [-0.1, -0.05) is 0 Å². The van der Waals surface area contributed by atoms with Crippen LogP contribution in [0.2, 0.25) is 0 Å². The fourth-order valence-corrected chi connectivity index (χ4v) is 2.13. The lowest BCUT2D eigenvalue weighted by Crippen LogP contribution is -2.42. The van der Waals surface area contributed by atoms with E-state index in [1.165, 1.54) is 0 Å². The number of hydrogen-bond donors (Lipinski definition) is 0. The topological polar surface area (TPSA) is 55.8 Å². The Morgan fingerprint density at radius 1 is 1.39 bits per heavy atom. The molecule has 1 heterocycles. The van der Waals surface area contributed by atoms with Crippen LogP contribution in [0.3, 0.4) is 0 Å². The van der Waals surface area contributed by atoms with Crippen LogP contribution in [-0.2, 0) is 19.1 Å². The van der Waals surface area contributed by atoms with Crippen LogP contribution in [0.5, 0.6) is 0 Å². The molecule has 104 valence electrons. The molecule has 0 aromatic heterocycles. The van der Waals surface area contributed by atoms with Gasteiger partial charge < -0.3 is 9.47 Å². The molecular formula is C13H23NO4. The van der Waals surface area contributed by atoms with Crippen LogP contribution < -0.4 is 0 Å². The molecule has 0 aromatic rings. The number of likely N-dealkylation sites (tertiary alicyclic amines) is 1. The Balaban J connectivity index is 2.39. The second-order valence-electron chi connectivity index (χ2n) is 4.86. The van der Waals surface area contributed by atoms with Crippen molar-refractivity contribution in [2.75, 3.05) is 26.2 Å². The second-order valence-corrected chi connectivity index (χ2v) is 4.86. The highest BCUT2D eigenvalue weighted by atomic mass is 16.5. The number of nitrogens with zero attached hydrogens (tertiary/aromatic N) is 1. The van der Waals surface area contributed by atoms with Crippen molar-refractivity contribution in [1.82, 2.24) is 4.90 Å². The maximum atomic E-state index is 11.6. The van der Waals surface area contributed by atoms with Crippen LogP contribution in [0, 0.1) is 5.92 Å². The van der Waals surface area contributed by atoms with E-state index in [-0.39, 0.29) is 30.5 Å². The molecule has 1 atom stereocenters. The number of carbonyl (C=O) groups is 2. The van der Waals surface area contributed by atoms with E-state index in [4.69, 9.17) is 9.47 Å². The van der Waals surface area contributed by atoms with Crippen molar-refractivity contribution in [3.05, 3.63) is 0 Å². The normalized spacial score (nSPS) is 20.8. The van der Waals surface area contributed by atoms with Gasteiger partial charge in [-0.2, -0.15) is 0 Å². The van der Waals surface area contributed by atoms with Crippen molar-refractivity contribution in [2.45, 2.75) is 39.7 Å². The lowest BCUT2D eigenvalue weighted by Gasteiger charge is -2.30. The molecule has 18 heavy (non-hydrogen) atoms. The van der Waals surface area contributed by atoms with E-state index < -0.39 is 0 Å². The predicted octanol–water partition coefficient (Wildman–Crippen LogP) is 1.21. The average molecular weight is 257 g/mol. The van der Waals surface area contributed by atoms with E-state index in [2.05, 4.69) is 0 Å². The first kappa shape index (κ1) is 15.0. The van der Waals surface area contributed by atoms with Gasteiger partial charge in [-0.05, 0) is 40.2 Å². The molecule has 1 unspecified atom stereocenters. The zero-order valence-electron chi connectivity index (χ0n) is 11.5. The van der Waals surface area contributed by atoms with E-state index in [0.717, 1.165) is 19.4 Å². The predicted molar refractivity (Wildman–Crippen MR) is 67.0 cm³/mol. The van der Waals surface area contributed by atoms with Crippen LogP contribution in [0.15, 0.2) is 0 Å². The maximum absolute atomic E-state index is 11.6. The molecule has 0 amide bonds. The minimum atomic E-state index is -0.227. The first-order valence-corrected chi connectivity index (χ1v) is 6.61. The van der Waals surface area contributed by atoms with Crippen molar-refractivity contribution in [1.29, 1.82) is 0 Å². The maximum Gasteiger partial charge on any atom is 0.320 e. The summed E-state index contributed by atoms with van der Waals surface area (Å²) >= 11 is 0. The zero-order chi connectivity index (χ0) is 13.5. The largest absolute Gasteiger partial charge is 0.466 e. The lowest BCUT2D eigenvalue weighted by molar-refractivity contribution is -0.154. The lowest BCUT2D eigenvalue weighted by atomic mass is 9.98. The summed E-state index contributed by atoms with van der Waals surface area (Å²) in [6.07, 6.45) is 1.66. The fourth-order valence-electron chi connectivity index (χ4n) is 2.13.